The van der Waals surface area contributed by atoms with Crippen LogP contribution in [0.15, 0.2) is 11.8 Å². The van der Waals surface area contributed by atoms with Gasteiger partial charge in [-0.3, -0.25) is 0 Å². The van der Waals surface area contributed by atoms with Crippen molar-refractivity contribution in [3.05, 3.63) is 11.8 Å². The van der Waals surface area contributed by atoms with E-state index in [0.717, 1.165) is 13.0 Å². The topological polar surface area (TPSA) is 35.2 Å². The lowest BCUT2D eigenvalue weighted by Gasteiger charge is -2.40. The summed E-state index contributed by atoms with van der Waals surface area (Å²) in [6.45, 7) is 16.8. The van der Waals surface area contributed by atoms with Crippen molar-refractivity contribution >= 4 is 8.32 Å². The molecule has 2 nitrogen and oxygen atoms in total. The van der Waals surface area contributed by atoms with Crippen molar-refractivity contribution in [2.24, 2.45) is 5.73 Å². The molecule has 0 aliphatic rings. The van der Waals surface area contributed by atoms with Gasteiger partial charge in [-0.15, -0.1) is 6.58 Å². The summed E-state index contributed by atoms with van der Waals surface area (Å²) in [5.74, 6) is 0. The van der Waals surface area contributed by atoms with E-state index < -0.39 is 8.32 Å². The van der Waals surface area contributed by atoms with Crippen LogP contribution in [0, 0.1) is 0 Å². The summed E-state index contributed by atoms with van der Waals surface area (Å²) < 4.78 is 6.15. The first-order chi connectivity index (χ1) is 6.93. The summed E-state index contributed by atoms with van der Waals surface area (Å²) in [5.41, 5.74) is 6.76. The van der Waals surface area contributed by atoms with Crippen LogP contribution >= 0.6 is 0 Å². The Balaban J connectivity index is 5.02. The molecule has 0 fully saturated rings. The van der Waals surface area contributed by atoms with Gasteiger partial charge in [-0.25, -0.2) is 0 Å². The van der Waals surface area contributed by atoms with E-state index in [1.807, 2.05) is 0 Å². The first kappa shape index (κ1) is 14.9. The van der Waals surface area contributed by atoms with E-state index in [0.29, 0.717) is 17.6 Å². The highest BCUT2D eigenvalue weighted by molar-refractivity contribution is 6.83. The molecule has 0 aliphatic heterocycles. The monoisotopic (exact) mass is 229 g/mol. The molecule has 0 aromatic carbocycles. The molecule has 90 valence electrons. The Morgan fingerprint density at radius 1 is 1.27 bits per heavy atom. The summed E-state index contributed by atoms with van der Waals surface area (Å²) >= 11 is 0. The Morgan fingerprint density at radius 3 is 2.00 bits per heavy atom. The summed E-state index contributed by atoms with van der Waals surface area (Å²) in [6.07, 6.45) is 0.905. The highest BCUT2D eigenvalue weighted by Gasteiger charge is 2.43. The molecule has 0 saturated carbocycles. The molecule has 0 atom stereocenters. The molecule has 0 spiro atoms. The lowest BCUT2D eigenvalue weighted by atomic mass is 10.4. The first-order valence-corrected chi connectivity index (χ1v) is 8.01. The Bertz CT molecular complexity index is 194. The molecule has 0 aliphatic carbocycles. The maximum Gasteiger partial charge on any atom is 0.224 e. The Morgan fingerprint density at radius 2 is 1.73 bits per heavy atom. The maximum atomic E-state index is 6.15. The van der Waals surface area contributed by atoms with Crippen LogP contribution < -0.4 is 5.73 Å². The highest BCUT2D eigenvalue weighted by Crippen LogP contribution is 2.39. The third kappa shape index (κ3) is 3.16. The van der Waals surface area contributed by atoms with Gasteiger partial charge in [0, 0.05) is 6.61 Å². The van der Waals surface area contributed by atoms with Gasteiger partial charge in [0.25, 0.3) is 0 Å². The van der Waals surface area contributed by atoms with Crippen molar-refractivity contribution in [3.63, 3.8) is 0 Å². The van der Waals surface area contributed by atoms with Gasteiger partial charge in [0.1, 0.15) is 0 Å². The molecule has 0 rings (SSSR count). The van der Waals surface area contributed by atoms with E-state index in [1.165, 1.54) is 5.20 Å². The molecule has 0 aromatic heterocycles. The number of nitrogens with two attached hydrogens (primary N) is 1. The minimum absolute atomic E-state index is 0.566. The van der Waals surface area contributed by atoms with Gasteiger partial charge in [-0.2, -0.15) is 0 Å². The van der Waals surface area contributed by atoms with Crippen LogP contribution in [-0.2, 0) is 4.43 Å². The number of hydrogen-bond acceptors (Lipinski definition) is 2. The lowest BCUT2D eigenvalue weighted by Crippen LogP contribution is -2.47. The van der Waals surface area contributed by atoms with Gasteiger partial charge in [0.2, 0.25) is 8.32 Å². The van der Waals surface area contributed by atoms with Gasteiger partial charge in [-0.1, -0.05) is 32.9 Å². The van der Waals surface area contributed by atoms with E-state index in [1.54, 1.807) is 0 Å². The van der Waals surface area contributed by atoms with Crippen LogP contribution in [0.3, 0.4) is 0 Å². The summed E-state index contributed by atoms with van der Waals surface area (Å²) in [5, 5.41) is 1.27. The summed E-state index contributed by atoms with van der Waals surface area (Å²) in [7, 11) is -1.85. The van der Waals surface area contributed by atoms with Crippen molar-refractivity contribution in [1.82, 2.24) is 0 Å². The Hall–Kier alpha value is -0.123. The molecule has 0 heterocycles. The normalized spacial score (nSPS) is 12.5. The fourth-order valence-corrected chi connectivity index (χ4v) is 7.38. The minimum Gasteiger partial charge on any atom is -0.412 e. The second-order valence-electron chi connectivity index (χ2n) is 4.68. The van der Waals surface area contributed by atoms with Gasteiger partial charge in [-0.05, 0) is 31.0 Å². The minimum atomic E-state index is -1.85. The van der Waals surface area contributed by atoms with Crippen molar-refractivity contribution in [1.29, 1.82) is 0 Å². The fourth-order valence-electron chi connectivity index (χ4n) is 2.53. The Kier molecular flexibility index (Phi) is 6.40. The second kappa shape index (κ2) is 6.46. The van der Waals surface area contributed by atoms with Crippen LogP contribution in [-0.4, -0.2) is 21.5 Å². The zero-order valence-electron chi connectivity index (χ0n) is 11.0. The molecule has 0 amide bonds. The van der Waals surface area contributed by atoms with Crippen LogP contribution in [0.5, 0.6) is 0 Å². The van der Waals surface area contributed by atoms with Gasteiger partial charge in [0.05, 0.1) is 0 Å². The predicted molar refractivity (Wildman–Crippen MR) is 70.4 cm³/mol. The van der Waals surface area contributed by atoms with Crippen LogP contribution in [0.25, 0.3) is 0 Å². The summed E-state index contributed by atoms with van der Waals surface area (Å²) in [4.78, 5) is 0. The smallest absolute Gasteiger partial charge is 0.224 e. The second-order valence-corrected chi connectivity index (χ2v) is 9.57. The third-order valence-corrected chi connectivity index (χ3v) is 8.65. The van der Waals surface area contributed by atoms with E-state index in [2.05, 4.69) is 41.2 Å². The van der Waals surface area contributed by atoms with Crippen molar-refractivity contribution < 1.29 is 4.43 Å². The zero-order valence-corrected chi connectivity index (χ0v) is 12.0. The molecular weight excluding hydrogens is 202 g/mol. The average molecular weight is 229 g/mol. The van der Waals surface area contributed by atoms with Gasteiger partial charge in [0.15, 0.2) is 0 Å². The van der Waals surface area contributed by atoms with Crippen molar-refractivity contribution in [3.8, 4) is 0 Å². The molecule has 0 radical (unpaired) electrons. The molecule has 0 aromatic rings. The molecule has 0 bridgehead atoms. The Labute approximate surface area is 96.0 Å². The average Bonchev–Trinajstić information content (AvgIpc) is 2.13. The van der Waals surface area contributed by atoms with E-state index in [9.17, 15) is 0 Å². The standard InChI is InChI=1S/C12H27NOSi/c1-7-14-15(10(2)3,11(4)5)12(6)8-9-13/h10-11H,6-9,13H2,1-5H3. The molecular formula is C12H27NOSi. The summed E-state index contributed by atoms with van der Waals surface area (Å²) in [6, 6.07) is 0. The number of hydrogen-bond donors (Lipinski definition) is 1. The fraction of sp³-hybridized carbons (Fsp3) is 0.833. The molecule has 3 heteroatoms. The largest absolute Gasteiger partial charge is 0.412 e. The first-order valence-electron chi connectivity index (χ1n) is 5.95. The van der Waals surface area contributed by atoms with E-state index in [4.69, 9.17) is 10.2 Å². The quantitative estimate of drug-likeness (QED) is 0.680. The SMILES string of the molecule is C=C(CCN)[Si](OCC)(C(C)C)C(C)C. The van der Waals surface area contributed by atoms with Crippen LogP contribution in [0.2, 0.25) is 11.1 Å². The van der Waals surface area contributed by atoms with Crippen LogP contribution in [0.1, 0.15) is 41.0 Å². The van der Waals surface area contributed by atoms with Crippen molar-refractivity contribution in [2.45, 2.75) is 52.1 Å². The molecule has 0 unspecified atom stereocenters. The van der Waals surface area contributed by atoms with Crippen LogP contribution in [0.4, 0.5) is 0 Å². The van der Waals surface area contributed by atoms with Gasteiger partial charge >= 0.3 is 0 Å². The number of rotatable bonds is 7. The highest BCUT2D eigenvalue weighted by atomic mass is 28.4. The van der Waals surface area contributed by atoms with E-state index >= 15 is 0 Å². The predicted octanol–water partition coefficient (Wildman–Crippen LogP) is 3.23. The maximum absolute atomic E-state index is 6.15. The van der Waals surface area contributed by atoms with E-state index in [-0.39, 0.29) is 0 Å². The zero-order chi connectivity index (χ0) is 12.1. The lowest BCUT2D eigenvalue weighted by molar-refractivity contribution is 0.310. The third-order valence-electron chi connectivity index (χ3n) is 3.10. The molecule has 2 N–H and O–H groups in total. The van der Waals surface area contributed by atoms with Gasteiger partial charge < -0.3 is 10.2 Å². The molecule has 15 heavy (non-hydrogen) atoms. The molecule has 0 saturated heterocycles. The van der Waals surface area contributed by atoms with Crippen molar-refractivity contribution in [2.75, 3.05) is 13.2 Å².